The normalized spacial score (nSPS) is 15.0. The molecule has 0 aliphatic heterocycles. The Morgan fingerprint density at radius 1 is 1.43 bits per heavy atom. The summed E-state index contributed by atoms with van der Waals surface area (Å²) in [5.41, 5.74) is 0. The van der Waals surface area contributed by atoms with Crippen molar-refractivity contribution < 1.29 is 0 Å². The topological polar surface area (TPSA) is 0 Å². The van der Waals surface area contributed by atoms with Crippen molar-refractivity contribution in [3.8, 4) is 0 Å². The average molecular weight is 323 g/mol. The molecule has 0 saturated carbocycles. The molecule has 0 aliphatic carbocycles. The zero-order chi connectivity index (χ0) is 5.86. The summed E-state index contributed by atoms with van der Waals surface area (Å²) in [6.07, 6.45) is 0. The summed E-state index contributed by atoms with van der Waals surface area (Å²) in [4.78, 5) is 0. The maximum Gasteiger partial charge on any atom is 0.0358 e. The SMILES string of the molecule is CC(C)C(I)[CH]I. The smallest absolute Gasteiger partial charge is 0.0358 e. The lowest BCUT2D eigenvalue weighted by molar-refractivity contribution is 0.691. The van der Waals surface area contributed by atoms with Crippen LogP contribution in [0.2, 0.25) is 0 Å². The fraction of sp³-hybridized carbons (Fsp3) is 0.800. The van der Waals surface area contributed by atoms with E-state index in [4.69, 9.17) is 0 Å². The second kappa shape index (κ2) is 4.35. The summed E-state index contributed by atoms with van der Waals surface area (Å²) in [6, 6.07) is 0. The van der Waals surface area contributed by atoms with Crippen LogP contribution in [0.3, 0.4) is 0 Å². The van der Waals surface area contributed by atoms with E-state index in [-0.39, 0.29) is 0 Å². The molecule has 0 aromatic rings. The molecule has 1 unspecified atom stereocenters. The zero-order valence-corrected chi connectivity index (χ0v) is 8.80. The molecule has 0 aromatic heterocycles. The van der Waals surface area contributed by atoms with Crippen LogP contribution >= 0.6 is 45.2 Å². The number of hydrogen-bond acceptors (Lipinski definition) is 0. The summed E-state index contributed by atoms with van der Waals surface area (Å²) in [5, 5.41) is 0. The van der Waals surface area contributed by atoms with Crippen molar-refractivity contribution in [2.24, 2.45) is 5.92 Å². The predicted molar refractivity (Wildman–Crippen MR) is 51.0 cm³/mol. The van der Waals surface area contributed by atoms with Gasteiger partial charge in [-0.05, 0) is 5.92 Å². The van der Waals surface area contributed by atoms with Gasteiger partial charge in [0.05, 0.1) is 0 Å². The molecule has 0 spiro atoms. The van der Waals surface area contributed by atoms with Gasteiger partial charge in [0.25, 0.3) is 0 Å². The summed E-state index contributed by atoms with van der Waals surface area (Å²) < 4.78 is 2.93. The largest absolute Gasteiger partial charge is 0.0812 e. The highest BCUT2D eigenvalue weighted by Crippen LogP contribution is 2.18. The lowest BCUT2D eigenvalue weighted by atomic mass is 10.2. The molecule has 0 amide bonds. The van der Waals surface area contributed by atoms with Gasteiger partial charge < -0.3 is 0 Å². The van der Waals surface area contributed by atoms with Crippen molar-refractivity contribution in [1.29, 1.82) is 0 Å². The minimum absolute atomic E-state index is 0.734. The van der Waals surface area contributed by atoms with E-state index in [0.29, 0.717) is 0 Å². The first-order valence-electron chi connectivity index (χ1n) is 2.26. The van der Waals surface area contributed by atoms with E-state index in [9.17, 15) is 0 Å². The van der Waals surface area contributed by atoms with E-state index in [1.54, 1.807) is 0 Å². The van der Waals surface area contributed by atoms with Crippen LogP contribution in [0.15, 0.2) is 0 Å². The molecule has 0 N–H and O–H groups in total. The second-order valence-corrected chi connectivity index (χ2v) is 3.97. The first kappa shape index (κ1) is 8.46. The standard InChI is InChI=1S/C5H9I2/c1-4(2)5(7)3-6/h3-5H,1-2H3. The number of rotatable bonds is 2. The third-order valence-corrected chi connectivity index (χ3v) is 4.71. The molecule has 0 bridgehead atoms. The van der Waals surface area contributed by atoms with E-state index in [1.807, 2.05) is 0 Å². The van der Waals surface area contributed by atoms with Crippen molar-refractivity contribution >= 4 is 45.2 Å². The zero-order valence-electron chi connectivity index (χ0n) is 4.49. The Morgan fingerprint density at radius 2 is 1.86 bits per heavy atom. The highest BCUT2D eigenvalue weighted by molar-refractivity contribution is 14.1. The van der Waals surface area contributed by atoms with Crippen molar-refractivity contribution in [3.63, 3.8) is 0 Å². The van der Waals surface area contributed by atoms with Gasteiger partial charge in [-0.2, -0.15) is 0 Å². The summed E-state index contributed by atoms with van der Waals surface area (Å²) in [5.74, 6) is 0.789. The van der Waals surface area contributed by atoms with Gasteiger partial charge in [-0.3, -0.25) is 0 Å². The molecule has 0 nitrogen and oxygen atoms in total. The van der Waals surface area contributed by atoms with Gasteiger partial charge in [0.15, 0.2) is 0 Å². The molecule has 1 radical (unpaired) electrons. The molecule has 43 valence electrons. The Bertz CT molecular complexity index is 43.3. The van der Waals surface area contributed by atoms with E-state index in [0.717, 1.165) is 9.84 Å². The fourth-order valence-corrected chi connectivity index (χ4v) is 0.976. The van der Waals surface area contributed by atoms with Crippen LogP contribution in [0.5, 0.6) is 0 Å². The lowest BCUT2D eigenvalue weighted by Gasteiger charge is -2.07. The lowest BCUT2D eigenvalue weighted by Crippen LogP contribution is -2.02. The van der Waals surface area contributed by atoms with E-state index >= 15 is 0 Å². The summed E-state index contributed by atoms with van der Waals surface area (Å²) in [6.45, 7) is 4.46. The molecule has 1 atom stereocenters. The van der Waals surface area contributed by atoms with Gasteiger partial charge in [-0.1, -0.05) is 59.0 Å². The first-order chi connectivity index (χ1) is 3.18. The van der Waals surface area contributed by atoms with E-state index < -0.39 is 0 Å². The van der Waals surface area contributed by atoms with Crippen molar-refractivity contribution in [2.45, 2.75) is 17.8 Å². The van der Waals surface area contributed by atoms with Crippen LogP contribution in [0.4, 0.5) is 0 Å². The molecule has 0 fully saturated rings. The van der Waals surface area contributed by atoms with E-state index in [1.165, 1.54) is 0 Å². The number of halogens is 2. The maximum atomic E-state index is 2.43. The van der Waals surface area contributed by atoms with E-state index in [2.05, 4.69) is 63.5 Å². The molecule has 2 heteroatoms. The van der Waals surface area contributed by atoms with Crippen LogP contribution in [0.25, 0.3) is 0 Å². The van der Waals surface area contributed by atoms with Crippen molar-refractivity contribution in [3.05, 3.63) is 4.43 Å². The van der Waals surface area contributed by atoms with Gasteiger partial charge in [-0.25, -0.2) is 0 Å². The Hall–Kier alpha value is 1.46. The van der Waals surface area contributed by atoms with Gasteiger partial charge in [0.1, 0.15) is 0 Å². The summed E-state index contributed by atoms with van der Waals surface area (Å²) >= 11 is 4.73. The van der Waals surface area contributed by atoms with Gasteiger partial charge in [0, 0.05) is 8.35 Å². The average Bonchev–Trinajstić information content (AvgIpc) is 1.65. The highest BCUT2D eigenvalue weighted by atomic mass is 127. The Balaban J connectivity index is 3.14. The Labute approximate surface area is 72.7 Å². The molecule has 0 aromatic carbocycles. The molecule has 0 rings (SSSR count). The minimum Gasteiger partial charge on any atom is -0.0812 e. The summed E-state index contributed by atoms with van der Waals surface area (Å²) in [7, 11) is 0. The highest BCUT2D eigenvalue weighted by Gasteiger charge is 2.04. The third-order valence-electron chi connectivity index (χ3n) is 0.757. The van der Waals surface area contributed by atoms with Crippen molar-refractivity contribution in [2.75, 3.05) is 0 Å². The Kier molecular flexibility index (Phi) is 5.26. The van der Waals surface area contributed by atoms with Crippen molar-refractivity contribution in [1.82, 2.24) is 0 Å². The minimum atomic E-state index is 0.734. The van der Waals surface area contributed by atoms with Crippen LogP contribution < -0.4 is 0 Å². The number of alkyl halides is 1. The monoisotopic (exact) mass is 323 g/mol. The maximum absolute atomic E-state index is 2.43. The molecule has 7 heavy (non-hydrogen) atoms. The van der Waals surface area contributed by atoms with Crippen LogP contribution in [-0.4, -0.2) is 3.92 Å². The predicted octanol–water partition coefficient (Wildman–Crippen LogP) is 3.04. The van der Waals surface area contributed by atoms with Gasteiger partial charge in [-0.15, -0.1) is 0 Å². The molecule has 0 aliphatic rings. The van der Waals surface area contributed by atoms with Crippen LogP contribution in [0.1, 0.15) is 13.8 Å². The second-order valence-electron chi connectivity index (χ2n) is 1.81. The molecular formula is C5H9I2. The van der Waals surface area contributed by atoms with Gasteiger partial charge in [0.2, 0.25) is 0 Å². The van der Waals surface area contributed by atoms with Gasteiger partial charge >= 0.3 is 0 Å². The fourth-order valence-electron chi connectivity index (χ4n) is 0.145. The number of hydrogen-bond donors (Lipinski definition) is 0. The molecule has 0 saturated heterocycles. The molecule has 0 heterocycles. The quantitative estimate of drug-likeness (QED) is 0.541. The Morgan fingerprint density at radius 3 is 1.86 bits per heavy atom. The molecular weight excluding hydrogens is 314 g/mol. The first-order valence-corrected chi connectivity index (χ1v) is 4.75. The third kappa shape index (κ3) is 4.00. The van der Waals surface area contributed by atoms with Crippen LogP contribution in [0, 0.1) is 10.3 Å². The van der Waals surface area contributed by atoms with Crippen LogP contribution in [-0.2, 0) is 0 Å².